The number of methoxy groups -OCH3 is 1. The Labute approximate surface area is 113 Å². The molecule has 0 aromatic heterocycles. The molecule has 1 aliphatic carbocycles. The fourth-order valence-electron chi connectivity index (χ4n) is 3.42. The number of fused-ring (bicyclic) bond motifs is 1. The summed E-state index contributed by atoms with van der Waals surface area (Å²) in [5.74, 6) is 2.13. The first-order chi connectivity index (χ1) is 9.19. The lowest BCUT2D eigenvalue weighted by Crippen LogP contribution is -2.30. The standard InChI is InChI=1S/C15H20N2O2/c1-19-12-5-6-14(16)13(7-12)15(18)17-8-10-3-2-4-11(10)9-17/h5-7,10-11H,2-4,8-9,16H2,1H3. The second-order valence-electron chi connectivity index (χ2n) is 5.61. The Bertz CT molecular complexity index is 489. The molecule has 19 heavy (non-hydrogen) atoms. The zero-order valence-electron chi connectivity index (χ0n) is 11.3. The molecule has 3 rings (SSSR count). The number of anilines is 1. The summed E-state index contributed by atoms with van der Waals surface area (Å²) < 4.78 is 5.17. The first kappa shape index (κ1) is 12.3. The summed E-state index contributed by atoms with van der Waals surface area (Å²) in [6, 6.07) is 5.26. The molecular weight excluding hydrogens is 240 g/mol. The molecule has 102 valence electrons. The van der Waals surface area contributed by atoms with Gasteiger partial charge in [0.1, 0.15) is 5.75 Å². The molecule has 1 saturated heterocycles. The monoisotopic (exact) mass is 260 g/mol. The van der Waals surface area contributed by atoms with E-state index < -0.39 is 0 Å². The number of ether oxygens (including phenoxy) is 1. The van der Waals surface area contributed by atoms with Crippen molar-refractivity contribution in [2.24, 2.45) is 11.8 Å². The number of nitrogens with two attached hydrogens (primary N) is 1. The predicted octanol–water partition coefficient (Wildman–Crippen LogP) is 2.15. The van der Waals surface area contributed by atoms with Crippen LogP contribution in [0.3, 0.4) is 0 Å². The van der Waals surface area contributed by atoms with E-state index in [1.54, 1.807) is 25.3 Å². The first-order valence-corrected chi connectivity index (χ1v) is 6.92. The molecular formula is C15H20N2O2. The molecule has 2 unspecified atom stereocenters. The maximum Gasteiger partial charge on any atom is 0.256 e. The molecule has 1 aromatic carbocycles. The van der Waals surface area contributed by atoms with Crippen LogP contribution in [0.5, 0.6) is 5.75 Å². The van der Waals surface area contributed by atoms with Gasteiger partial charge in [0.05, 0.1) is 12.7 Å². The third-order valence-electron chi connectivity index (χ3n) is 4.50. The predicted molar refractivity (Wildman–Crippen MR) is 74.1 cm³/mol. The first-order valence-electron chi connectivity index (χ1n) is 6.92. The summed E-state index contributed by atoms with van der Waals surface area (Å²) in [7, 11) is 1.60. The van der Waals surface area contributed by atoms with Crippen molar-refractivity contribution in [2.45, 2.75) is 19.3 Å². The van der Waals surface area contributed by atoms with Crippen LogP contribution in [-0.4, -0.2) is 31.0 Å². The summed E-state index contributed by atoms with van der Waals surface area (Å²) in [4.78, 5) is 14.5. The lowest BCUT2D eigenvalue weighted by Gasteiger charge is -2.18. The van der Waals surface area contributed by atoms with E-state index in [4.69, 9.17) is 10.5 Å². The summed E-state index contributed by atoms with van der Waals surface area (Å²) in [6.45, 7) is 1.78. The number of hydrogen-bond acceptors (Lipinski definition) is 3. The third-order valence-corrected chi connectivity index (χ3v) is 4.50. The average molecular weight is 260 g/mol. The molecule has 0 radical (unpaired) electrons. The van der Waals surface area contributed by atoms with E-state index >= 15 is 0 Å². The van der Waals surface area contributed by atoms with Crippen LogP contribution in [0.25, 0.3) is 0 Å². The highest BCUT2D eigenvalue weighted by atomic mass is 16.5. The van der Waals surface area contributed by atoms with E-state index in [-0.39, 0.29) is 5.91 Å². The van der Waals surface area contributed by atoms with E-state index in [1.807, 2.05) is 4.90 Å². The van der Waals surface area contributed by atoms with Crippen molar-refractivity contribution in [2.75, 3.05) is 25.9 Å². The quantitative estimate of drug-likeness (QED) is 0.829. The molecule has 1 amide bonds. The molecule has 4 heteroatoms. The van der Waals surface area contributed by atoms with Gasteiger partial charge in [0.25, 0.3) is 5.91 Å². The van der Waals surface area contributed by atoms with Gasteiger partial charge in [0.2, 0.25) is 0 Å². The normalized spacial score (nSPS) is 25.4. The van der Waals surface area contributed by atoms with Crippen molar-refractivity contribution < 1.29 is 9.53 Å². The van der Waals surface area contributed by atoms with E-state index in [9.17, 15) is 4.79 Å². The highest BCUT2D eigenvalue weighted by Crippen LogP contribution is 2.38. The van der Waals surface area contributed by atoms with Crippen molar-refractivity contribution in [3.8, 4) is 5.75 Å². The van der Waals surface area contributed by atoms with Crippen LogP contribution in [0.4, 0.5) is 5.69 Å². The van der Waals surface area contributed by atoms with Gasteiger partial charge in [-0.2, -0.15) is 0 Å². The van der Waals surface area contributed by atoms with Gasteiger partial charge in [-0.1, -0.05) is 6.42 Å². The minimum Gasteiger partial charge on any atom is -0.497 e. The number of nitrogens with zero attached hydrogens (tertiary/aromatic N) is 1. The van der Waals surface area contributed by atoms with Crippen molar-refractivity contribution in [1.82, 2.24) is 4.90 Å². The van der Waals surface area contributed by atoms with E-state index in [0.717, 1.165) is 13.1 Å². The molecule has 1 aliphatic heterocycles. The zero-order valence-corrected chi connectivity index (χ0v) is 11.3. The van der Waals surface area contributed by atoms with Crippen molar-refractivity contribution in [3.05, 3.63) is 23.8 Å². The van der Waals surface area contributed by atoms with Gasteiger partial charge >= 0.3 is 0 Å². The molecule has 2 fully saturated rings. The minimum atomic E-state index is 0.0470. The fraction of sp³-hybridized carbons (Fsp3) is 0.533. The zero-order chi connectivity index (χ0) is 13.4. The number of amides is 1. The lowest BCUT2D eigenvalue weighted by atomic mass is 10.0. The number of carbonyl (C=O) groups is 1. The Hall–Kier alpha value is -1.71. The largest absolute Gasteiger partial charge is 0.497 e. The Kier molecular flexibility index (Phi) is 3.09. The molecule has 4 nitrogen and oxygen atoms in total. The van der Waals surface area contributed by atoms with E-state index in [1.165, 1.54) is 19.3 Å². The summed E-state index contributed by atoms with van der Waals surface area (Å²) >= 11 is 0. The van der Waals surface area contributed by atoms with Crippen LogP contribution < -0.4 is 10.5 Å². The smallest absolute Gasteiger partial charge is 0.256 e. The summed E-state index contributed by atoms with van der Waals surface area (Å²) in [6.07, 6.45) is 3.85. The van der Waals surface area contributed by atoms with Crippen LogP contribution in [0, 0.1) is 11.8 Å². The van der Waals surface area contributed by atoms with Crippen LogP contribution >= 0.6 is 0 Å². The van der Waals surface area contributed by atoms with Gasteiger partial charge in [-0.25, -0.2) is 0 Å². The third kappa shape index (κ3) is 2.15. The van der Waals surface area contributed by atoms with E-state index in [2.05, 4.69) is 0 Å². The molecule has 2 N–H and O–H groups in total. The SMILES string of the molecule is COc1ccc(N)c(C(=O)N2CC3CCCC3C2)c1. The lowest BCUT2D eigenvalue weighted by molar-refractivity contribution is 0.0781. The molecule has 2 aliphatic rings. The highest BCUT2D eigenvalue weighted by molar-refractivity contribution is 5.99. The summed E-state index contributed by atoms with van der Waals surface area (Å²) in [5, 5.41) is 0. The maximum absolute atomic E-state index is 12.6. The number of hydrogen-bond donors (Lipinski definition) is 1. The Balaban J connectivity index is 1.80. The second kappa shape index (κ2) is 4.76. The van der Waals surface area contributed by atoms with Gasteiger partial charge < -0.3 is 15.4 Å². The van der Waals surface area contributed by atoms with Gasteiger partial charge in [-0.05, 0) is 42.9 Å². The van der Waals surface area contributed by atoms with Crippen LogP contribution in [0.1, 0.15) is 29.6 Å². The van der Waals surface area contributed by atoms with Crippen molar-refractivity contribution in [1.29, 1.82) is 0 Å². The maximum atomic E-state index is 12.6. The molecule has 1 heterocycles. The van der Waals surface area contributed by atoms with Gasteiger partial charge in [0.15, 0.2) is 0 Å². The number of benzene rings is 1. The molecule has 2 atom stereocenters. The summed E-state index contributed by atoms with van der Waals surface area (Å²) in [5.41, 5.74) is 7.02. The minimum absolute atomic E-state index is 0.0470. The number of carbonyl (C=O) groups excluding carboxylic acids is 1. The molecule has 0 spiro atoms. The topological polar surface area (TPSA) is 55.6 Å². The van der Waals surface area contributed by atoms with Gasteiger partial charge in [0, 0.05) is 18.8 Å². The van der Waals surface area contributed by atoms with Crippen molar-refractivity contribution >= 4 is 11.6 Å². The van der Waals surface area contributed by atoms with Crippen LogP contribution in [0.15, 0.2) is 18.2 Å². The fourth-order valence-corrected chi connectivity index (χ4v) is 3.42. The van der Waals surface area contributed by atoms with Gasteiger partial charge in [-0.3, -0.25) is 4.79 Å². The number of rotatable bonds is 2. The van der Waals surface area contributed by atoms with E-state index in [0.29, 0.717) is 28.8 Å². The Morgan fingerprint density at radius 3 is 2.63 bits per heavy atom. The van der Waals surface area contributed by atoms with Crippen LogP contribution in [-0.2, 0) is 0 Å². The van der Waals surface area contributed by atoms with Crippen LogP contribution in [0.2, 0.25) is 0 Å². The number of likely N-dealkylation sites (tertiary alicyclic amines) is 1. The number of nitrogen functional groups attached to an aromatic ring is 1. The Morgan fingerprint density at radius 1 is 1.32 bits per heavy atom. The Morgan fingerprint density at radius 2 is 2.00 bits per heavy atom. The average Bonchev–Trinajstić information content (AvgIpc) is 2.99. The van der Waals surface area contributed by atoms with Crippen molar-refractivity contribution in [3.63, 3.8) is 0 Å². The second-order valence-corrected chi connectivity index (χ2v) is 5.61. The molecule has 1 saturated carbocycles. The molecule has 0 bridgehead atoms. The highest BCUT2D eigenvalue weighted by Gasteiger charge is 2.38. The van der Waals surface area contributed by atoms with Gasteiger partial charge in [-0.15, -0.1) is 0 Å². The molecule has 1 aromatic rings.